The minimum absolute atomic E-state index is 0.0878. The van der Waals surface area contributed by atoms with Crippen molar-refractivity contribution in [2.75, 3.05) is 19.6 Å². The van der Waals surface area contributed by atoms with Crippen LogP contribution in [0.3, 0.4) is 0 Å². The highest BCUT2D eigenvalue weighted by molar-refractivity contribution is 5.75. The number of carbonyl (C=O) groups is 1. The lowest BCUT2D eigenvalue weighted by atomic mass is 9.88. The summed E-state index contributed by atoms with van der Waals surface area (Å²) in [6, 6.07) is 2.16. The molecule has 0 aromatic rings. The van der Waals surface area contributed by atoms with Gasteiger partial charge >= 0.3 is 0 Å². The molecule has 0 fully saturated rings. The Morgan fingerprint density at radius 3 is 2.69 bits per heavy atom. The second-order valence-corrected chi connectivity index (χ2v) is 4.70. The number of carbonyl (C=O) groups excluding carboxylic acids is 1. The minimum atomic E-state index is 0.0878. The molecule has 0 aliphatic carbocycles. The van der Waals surface area contributed by atoms with E-state index in [-0.39, 0.29) is 11.3 Å². The molecule has 0 saturated heterocycles. The highest BCUT2D eigenvalue weighted by Gasteiger charge is 2.16. The second-order valence-electron chi connectivity index (χ2n) is 4.70. The number of hydrogen-bond acceptors (Lipinski definition) is 3. The summed E-state index contributed by atoms with van der Waals surface area (Å²) in [7, 11) is 0. The fourth-order valence-electron chi connectivity index (χ4n) is 1.40. The zero-order valence-corrected chi connectivity index (χ0v) is 10.6. The summed E-state index contributed by atoms with van der Waals surface area (Å²) >= 11 is 0. The molecule has 0 aromatic heterocycles. The predicted molar refractivity (Wildman–Crippen MR) is 64.8 cm³/mol. The lowest BCUT2D eigenvalue weighted by Gasteiger charge is -2.23. The molecule has 2 N–H and O–H groups in total. The van der Waals surface area contributed by atoms with Gasteiger partial charge in [-0.3, -0.25) is 4.79 Å². The summed E-state index contributed by atoms with van der Waals surface area (Å²) in [5, 5.41) is 14.5. The van der Waals surface area contributed by atoms with E-state index in [1.807, 2.05) is 6.92 Å². The van der Waals surface area contributed by atoms with Crippen molar-refractivity contribution in [2.24, 2.45) is 5.41 Å². The summed E-state index contributed by atoms with van der Waals surface area (Å²) in [4.78, 5) is 11.1. The van der Waals surface area contributed by atoms with Crippen LogP contribution in [0.4, 0.5) is 0 Å². The van der Waals surface area contributed by atoms with Crippen molar-refractivity contribution >= 4 is 5.91 Å². The van der Waals surface area contributed by atoms with Gasteiger partial charge in [-0.25, -0.2) is 0 Å². The van der Waals surface area contributed by atoms with E-state index < -0.39 is 0 Å². The van der Waals surface area contributed by atoms with Crippen molar-refractivity contribution in [3.8, 4) is 6.07 Å². The maximum Gasteiger partial charge on any atom is 0.221 e. The zero-order valence-electron chi connectivity index (χ0n) is 10.6. The van der Waals surface area contributed by atoms with Gasteiger partial charge in [0, 0.05) is 32.5 Å². The second kappa shape index (κ2) is 8.12. The molecule has 1 amide bonds. The smallest absolute Gasteiger partial charge is 0.221 e. The van der Waals surface area contributed by atoms with E-state index in [2.05, 4.69) is 30.6 Å². The van der Waals surface area contributed by atoms with E-state index in [1.165, 1.54) is 0 Å². The van der Waals surface area contributed by atoms with E-state index in [0.29, 0.717) is 25.9 Å². The first-order valence-electron chi connectivity index (χ1n) is 5.86. The van der Waals surface area contributed by atoms with Gasteiger partial charge in [-0.1, -0.05) is 13.8 Å². The Kier molecular flexibility index (Phi) is 7.57. The lowest BCUT2D eigenvalue weighted by Crippen LogP contribution is -2.33. The van der Waals surface area contributed by atoms with E-state index >= 15 is 0 Å². The minimum Gasteiger partial charge on any atom is -0.356 e. The molecule has 16 heavy (non-hydrogen) atoms. The third-order valence-electron chi connectivity index (χ3n) is 2.42. The molecule has 0 spiro atoms. The molecule has 0 radical (unpaired) electrons. The number of rotatable bonds is 8. The zero-order chi connectivity index (χ0) is 12.4. The fourth-order valence-corrected chi connectivity index (χ4v) is 1.40. The standard InChI is InChI=1S/C12H23N3O/c1-4-15-11(16)6-9-14-10-12(2,3)7-5-8-13/h14H,4-7,9-10H2,1-3H3,(H,15,16). The molecule has 0 bridgehead atoms. The Morgan fingerprint density at radius 2 is 2.12 bits per heavy atom. The van der Waals surface area contributed by atoms with Crippen LogP contribution in [0, 0.1) is 16.7 Å². The molecule has 0 saturated carbocycles. The maximum absolute atomic E-state index is 11.1. The monoisotopic (exact) mass is 225 g/mol. The molecule has 0 aliphatic rings. The van der Waals surface area contributed by atoms with Crippen LogP contribution < -0.4 is 10.6 Å². The van der Waals surface area contributed by atoms with Crippen LogP contribution in [0.25, 0.3) is 0 Å². The van der Waals surface area contributed by atoms with Gasteiger partial charge < -0.3 is 10.6 Å². The van der Waals surface area contributed by atoms with Crippen molar-refractivity contribution in [3.63, 3.8) is 0 Å². The number of amides is 1. The average molecular weight is 225 g/mol. The van der Waals surface area contributed by atoms with Crippen molar-refractivity contribution in [1.82, 2.24) is 10.6 Å². The molecule has 0 unspecified atom stereocenters. The van der Waals surface area contributed by atoms with E-state index in [1.54, 1.807) is 0 Å². The summed E-state index contributed by atoms with van der Waals surface area (Å²) in [5.74, 6) is 0.0878. The Bertz CT molecular complexity index is 243. The van der Waals surface area contributed by atoms with Crippen LogP contribution >= 0.6 is 0 Å². The summed E-state index contributed by atoms with van der Waals surface area (Å²) in [5.41, 5.74) is 0.122. The normalized spacial score (nSPS) is 10.9. The molecule has 92 valence electrons. The van der Waals surface area contributed by atoms with Gasteiger partial charge in [-0.05, 0) is 18.8 Å². The lowest BCUT2D eigenvalue weighted by molar-refractivity contribution is -0.120. The van der Waals surface area contributed by atoms with Crippen LogP contribution in [0.15, 0.2) is 0 Å². The molecule has 0 atom stereocenters. The van der Waals surface area contributed by atoms with Crippen LogP contribution in [0.1, 0.15) is 40.0 Å². The molecule has 4 heteroatoms. The molecule has 4 nitrogen and oxygen atoms in total. The summed E-state index contributed by atoms with van der Waals surface area (Å²) in [6.45, 7) is 8.39. The SMILES string of the molecule is CCNC(=O)CCNCC(C)(C)CCC#N. The largest absolute Gasteiger partial charge is 0.356 e. The van der Waals surface area contributed by atoms with E-state index in [0.717, 1.165) is 13.0 Å². The Morgan fingerprint density at radius 1 is 1.44 bits per heavy atom. The maximum atomic E-state index is 11.1. The van der Waals surface area contributed by atoms with Crippen molar-refractivity contribution in [1.29, 1.82) is 5.26 Å². The summed E-state index contributed by atoms with van der Waals surface area (Å²) in [6.07, 6.45) is 1.99. The molecule has 0 heterocycles. The molecule has 0 aliphatic heterocycles. The third-order valence-corrected chi connectivity index (χ3v) is 2.42. The molecule has 0 rings (SSSR count). The highest BCUT2D eigenvalue weighted by atomic mass is 16.1. The van der Waals surface area contributed by atoms with Crippen LogP contribution in [0.2, 0.25) is 0 Å². The van der Waals surface area contributed by atoms with E-state index in [4.69, 9.17) is 5.26 Å². The van der Waals surface area contributed by atoms with Crippen molar-refractivity contribution < 1.29 is 4.79 Å². The van der Waals surface area contributed by atoms with E-state index in [9.17, 15) is 4.79 Å². The third kappa shape index (κ3) is 8.25. The van der Waals surface area contributed by atoms with Gasteiger partial charge in [0.2, 0.25) is 5.91 Å². The van der Waals surface area contributed by atoms with Gasteiger partial charge in [0.25, 0.3) is 0 Å². The fraction of sp³-hybridized carbons (Fsp3) is 0.833. The molecular formula is C12H23N3O. The van der Waals surface area contributed by atoms with Crippen LogP contribution in [0.5, 0.6) is 0 Å². The number of nitrogens with one attached hydrogen (secondary N) is 2. The van der Waals surface area contributed by atoms with Crippen molar-refractivity contribution in [3.05, 3.63) is 0 Å². The van der Waals surface area contributed by atoms with Crippen LogP contribution in [-0.2, 0) is 4.79 Å². The van der Waals surface area contributed by atoms with Gasteiger partial charge in [0.05, 0.1) is 6.07 Å². The first-order valence-corrected chi connectivity index (χ1v) is 5.86. The average Bonchev–Trinajstić information content (AvgIpc) is 2.22. The van der Waals surface area contributed by atoms with Crippen LogP contribution in [-0.4, -0.2) is 25.5 Å². The molecule has 0 aromatic carbocycles. The molecular weight excluding hydrogens is 202 g/mol. The Balaban J connectivity index is 3.57. The number of nitriles is 1. The first kappa shape index (κ1) is 14.9. The predicted octanol–water partition coefficient (Wildman–Crippen LogP) is 1.43. The van der Waals surface area contributed by atoms with Crippen molar-refractivity contribution in [2.45, 2.75) is 40.0 Å². The Labute approximate surface area is 98.4 Å². The number of nitrogens with zero attached hydrogens (tertiary/aromatic N) is 1. The topological polar surface area (TPSA) is 64.9 Å². The Hall–Kier alpha value is -1.08. The quantitative estimate of drug-likeness (QED) is 0.614. The highest BCUT2D eigenvalue weighted by Crippen LogP contribution is 2.20. The van der Waals surface area contributed by atoms with Gasteiger partial charge in [-0.15, -0.1) is 0 Å². The number of hydrogen-bond donors (Lipinski definition) is 2. The van der Waals surface area contributed by atoms with Gasteiger partial charge in [0.1, 0.15) is 0 Å². The first-order chi connectivity index (χ1) is 7.52. The van der Waals surface area contributed by atoms with Gasteiger partial charge in [0.15, 0.2) is 0 Å². The summed E-state index contributed by atoms with van der Waals surface area (Å²) < 4.78 is 0. The van der Waals surface area contributed by atoms with Gasteiger partial charge in [-0.2, -0.15) is 5.26 Å².